The van der Waals surface area contributed by atoms with Gasteiger partial charge in [-0.05, 0) is 72.8 Å². The fourth-order valence-electron chi connectivity index (χ4n) is 3.52. The second kappa shape index (κ2) is 9.78. The molecule has 0 aliphatic carbocycles. The van der Waals surface area contributed by atoms with E-state index in [1.165, 1.54) is 6.07 Å². The molecule has 4 rings (SSSR count). The Bertz CT molecular complexity index is 1820. The second-order valence-corrected chi connectivity index (χ2v) is 10.8. The zero-order chi connectivity index (χ0) is 27.0. The van der Waals surface area contributed by atoms with Gasteiger partial charge in [0.2, 0.25) is 0 Å². The molecule has 0 unspecified atom stereocenters. The molecule has 11 nitrogen and oxygen atoms in total. The fourth-order valence-corrected chi connectivity index (χ4v) is 4.88. The van der Waals surface area contributed by atoms with Gasteiger partial charge in [-0.1, -0.05) is 24.3 Å². The van der Waals surface area contributed by atoms with Crippen molar-refractivity contribution in [3.05, 3.63) is 77.9 Å². The van der Waals surface area contributed by atoms with Gasteiger partial charge in [0.05, 0.1) is 26.9 Å². The lowest BCUT2D eigenvalue weighted by Gasteiger charge is -2.14. The number of azo groups is 2. The molecule has 13 heteroatoms. The maximum atomic E-state index is 11.9. The van der Waals surface area contributed by atoms with Crippen LogP contribution in [0, 0.1) is 13.8 Å². The van der Waals surface area contributed by atoms with Gasteiger partial charge < -0.3 is 9.66 Å². The molecule has 0 spiro atoms. The average Bonchev–Trinajstić information content (AvgIpc) is 2.82. The summed E-state index contributed by atoms with van der Waals surface area (Å²) in [6, 6.07) is 16.2. The summed E-state index contributed by atoms with van der Waals surface area (Å²) in [6.45, 7) is 3.65. The molecule has 4 aromatic carbocycles. The lowest BCUT2D eigenvalue weighted by molar-refractivity contribution is 0.463. The molecule has 0 atom stereocenters. The predicted octanol–water partition coefficient (Wildman–Crippen LogP) is 6.14. The van der Waals surface area contributed by atoms with Crippen molar-refractivity contribution >= 4 is 53.8 Å². The molecule has 0 heterocycles. The minimum atomic E-state index is -5.24. The molecule has 0 bridgehead atoms. The molecular weight excluding hydrogens is 520 g/mol. The third-order valence-corrected chi connectivity index (χ3v) is 7.09. The summed E-state index contributed by atoms with van der Waals surface area (Å²) in [5.74, 6) is -0.498. The number of phenols is 1. The van der Waals surface area contributed by atoms with Crippen molar-refractivity contribution in [2.24, 2.45) is 20.5 Å². The van der Waals surface area contributed by atoms with E-state index in [0.29, 0.717) is 23.0 Å². The molecule has 0 radical (unpaired) electrons. The molecule has 190 valence electrons. The van der Waals surface area contributed by atoms with Crippen molar-refractivity contribution in [3.63, 3.8) is 0 Å². The van der Waals surface area contributed by atoms with Crippen molar-refractivity contribution in [1.82, 2.24) is 0 Å². The first-order chi connectivity index (χ1) is 17.3. The minimum Gasteiger partial charge on any atom is -0.744 e. The van der Waals surface area contributed by atoms with Gasteiger partial charge in [-0.25, -0.2) is 8.42 Å². The average molecular weight is 540 g/mol. The lowest BCUT2D eigenvalue weighted by atomic mass is 10.1. The number of aryl methyl sites for hydroxylation is 2. The normalized spacial score (nSPS) is 12.6. The van der Waals surface area contributed by atoms with Gasteiger partial charge in [-0.2, -0.15) is 23.8 Å². The van der Waals surface area contributed by atoms with E-state index in [-0.39, 0.29) is 16.5 Å². The first-order valence-electron chi connectivity index (χ1n) is 10.6. The van der Waals surface area contributed by atoms with Gasteiger partial charge in [0.15, 0.2) is 0 Å². The van der Waals surface area contributed by atoms with Gasteiger partial charge in [0, 0.05) is 5.39 Å². The second-order valence-electron chi connectivity index (χ2n) is 8.04. The minimum absolute atomic E-state index is 0.0695. The highest BCUT2D eigenvalue weighted by Crippen LogP contribution is 2.41. The van der Waals surface area contributed by atoms with E-state index in [1.807, 2.05) is 31.2 Å². The largest absolute Gasteiger partial charge is 0.744 e. The fraction of sp³-hybridized carbons (Fsp3) is 0.0833. The molecule has 0 fully saturated rings. The Kier molecular flexibility index (Phi) is 6.88. The molecule has 0 amide bonds. The SMILES string of the molecule is Cc1ccccc1N=Nc1ccc(N=Nc2c(O)ccc3cc(S(=O)(=O)O)cc(S(=O)(=O)[O-])c23)c(C)c1. The number of benzene rings is 4. The summed E-state index contributed by atoms with van der Waals surface area (Å²) in [4.78, 5) is -1.78. The standard InChI is InChI=1S/C24H20N4O7S2/c1-14-5-3-4-6-19(14)26-25-17-8-9-20(15(2)11-17)27-28-24-21(29)10-7-16-12-18(36(30,31)32)13-22(23(16)24)37(33,34)35/h3-13,29H,1-2H3,(H,30,31,32)(H,33,34,35)/p-1. The monoisotopic (exact) mass is 539 g/mol. The summed E-state index contributed by atoms with van der Waals surface area (Å²) in [6.07, 6.45) is 0. The number of fused-ring (bicyclic) bond motifs is 1. The van der Waals surface area contributed by atoms with Crippen LogP contribution in [0.25, 0.3) is 10.8 Å². The number of nitrogens with zero attached hydrogens (tertiary/aromatic N) is 4. The van der Waals surface area contributed by atoms with Crippen molar-refractivity contribution in [3.8, 4) is 5.75 Å². The van der Waals surface area contributed by atoms with E-state index in [0.717, 1.165) is 23.4 Å². The van der Waals surface area contributed by atoms with Crippen LogP contribution in [-0.4, -0.2) is 31.0 Å². The van der Waals surface area contributed by atoms with E-state index in [2.05, 4.69) is 20.5 Å². The Balaban J connectivity index is 1.77. The highest BCUT2D eigenvalue weighted by Gasteiger charge is 2.20. The summed E-state index contributed by atoms with van der Waals surface area (Å²) in [5, 5.41) is 26.5. The molecular formula is C24H19N4O7S2-. The van der Waals surface area contributed by atoms with Gasteiger partial charge >= 0.3 is 0 Å². The Morgan fingerprint density at radius 1 is 0.757 bits per heavy atom. The maximum absolute atomic E-state index is 11.9. The molecule has 2 N–H and O–H groups in total. The van der Waals surface area contributed by atoms with E-state index in [1.54, 1.807) is 25.1 Å². The summed E-state index contributed by atoms with van der Waals surface area (Å²) in [5.41, 5.74) is 2.85. The van der Waals surface area contributed by atoms with Crippen LogP contribution in [0.15, 0.2) is 97.0 Å². The molecule has 0 aromatic heterocycles. The first-order valence-corrected chi connectivity index (χ1v) is 13.4. The molecule has 0 saturated carbocycles. The third kappa shape index (κ3) is 5.70. The van der Waals surface area contributed by atoms with Gasteiger partial charge in [-0.3, -0.25) is 4.55 Å². The van der Waals surface area contributed by atoms with E-state index in [9.17, 15) is 31.0 Å². The van der Waals surface area contributed by atoms with Crippen LogP contribution in [0.1, 0.15) is 11.1 Å². The summed E-state index contributed by atoms with van der Waals surface area (Å²) < 4.78 is 68.3. The number of hydrogen-bond donors (Lipinski definition) is 2. The molecule has 4 aromatic rings. The van der Waals surface area contributed by atoms with Crippen molar-refractivity contribution in [1.29, 1.82) is 0 Å². The number of rotatable bonds is 6. The molecule has 0 aliphatic rings. The van der Waals surface area contributed by atoms with E-state index < -0.39 is 35.8 Å². The van der Waals surface area contributed by atoms with E-state index in [4.69, 9.17) is 0 Å². The Hall–Kier alpha value is -4.04. The topological polar surface area (TPSA) is 181 Å². The van der Waals surface area contributed by atoms with Crippen molar-refractivity contribution in [2.45, 2.75) is 23.6 Å². The van der Waals surface area contributed by atoms with Crippen LogP contribution in [0.5, 0.6) is 5.75 Å². The highest BCUT2D eigenvalue weighted by molar-refractivity contribution is 7.86. The van der Waals surface area contributed by atoms with Crippen LogP contribution in [0.2, 0.25) is 0 Å². The summed E-state index contributed by atoms with van der Waals surface area (Å²) in [7, 11) is -10.1. The van der Waals surface area contributed by atoms with Crippen LogP contribution in [0.3, 0.4) is 0 Å². The smallest absolute Gasteiger partial charge is 0.294 e. The van der Waals surface area contributed by atoms with Crippen LogP contribution in [0.4, 0.5) is 22.7 Å². The predicted molar refractivity (Wildman–Crippen MR) is 134 cm³/mol. The van der Waals surface area contributed by atoms with Gasteiger partial charge in [0.1, 0.15) is 21.6 Å². The molecule has 0 aliphatic heterocycles. The van der Waals surface area contributed by atoms with Crippen molar-refractivity contribution in [2.75, 3.05) is 0 Å². The zero-order valence-electron chi connectivity index (χ0n) is 19.4. The number of phenolic OH excluding ortho intramolecular Hbond substituents is 1. The van der Waals surface area contributed by atoms with E-state index >= 15 is 0 Å². The van der Waals surface area contributed by atoms with Gasteiger partial charge in [-0.15, -0.1) is 5.11 Å². The Labute approximate surface area is 212 Å². The molecule has 0 saturated heterocycles. The lowest BCUT2D eigenvalue weighted by Crippen LogP contribution is -2.04. The highest BCUT2D eigenvalue weighted by atomic mass is 32.2. The van der Waals surface area contributed by atoms with Crippen LogP contribution >= 0.6 is 0 Å². The van der Waals surface area contributed by atoms with Crippen LogP contribution in [-0.2, 0) is 20.2 Å². The molecule has 37 heavy (non-hydrogen) atoms. The van der Waals surface area contributed by atoms with Crippen molar-refractivity contribution < 1.29 is 31.0 Å². The zero-order valence-corrected chi connectivity index (χ0v) is 21.0. The van der Waals surface area contributed by atoms with Crippen LogP contribution < -0.4 is 0 Å². The Morgan fingerprint density at radius 2 is 1.43 bits per heavy atom. The first kappa shape index (κ1) is 26.0. The third-order valence-electron chi connectivity index (χ3n) is 5.40. The maximum Gasteiger partial charge on any atom is 0.294 e. The van der Waals surface area contributed by atoms with Gasteiger partial charge in [0.25, 0.3) is 10.1 Å². The number of aromatic hydroxyl groups is 1. The quantitative estimate of drug-likeness (QED) is 0.218. The Morgan fingerprint density at radius 3 is 2.08 bits per heavy atom. The summed E-state index contributed by atoms with van der Waals surface area (Å²) >= 11 is 0. The number of hydrogen-bond acceptors (Lipinski definition) is 10.